The third-order valence-electron chi connectivity index (χ3n) is 4.71. The van der Waals surface area contributed by atoms with Crippen LogP contribution in [0.4, 0.5) is 10.1 Å². The van der Waals surface area contributed by atoms with Crippen molar-refractivity contribution in [1.29, 1.82) is 0 Å². The maximum absolute atomic E-state index is 13.9. The van der Waals surface area contributed by atoms with Crippen molar-refractivity contribution in [3.05, 3.63) is 65.5 Å². The van der Waals surface area contributed by atoms with Gasteiger partial charge in [0.2, 0.25) is 0 Å². The molecule has 1 unspecified atom stereocenters. The van der Waals surface area contributed by atoms with E-state index in [0.717, 1.165) is 37.4 Å². The third kappa shape index (κ3) is 5.27. The van der Waals surface area contributed by atoms with Gasteiger partial charge in [-0.1, -0.05) is 18.2 Å². The van der Waals surface area contributed by atoms with Crippen LogP contribution in [0.5, 0.6) is 0 Å². The van der Waals surface area contributed by atoms with Crippen LogP contribution in [-0.2, 0) is 11.3 Å². The molecule has 0 saturated carbocycles. The first-order valence-corrected chi connectivity index (χ1v) is 9.87. The lowest BCUT2D eigenvalue weighted by Gasteiger charge is -2.34. The summed E-state index contributed by atoms with van der Waals surface area (Å²) in [7, 11) is 0. The summed E-state index contributed by atoms with van der Waals surface area (Å²) in [5.41, 5.74) is 2.06. The topological polar surface area (TPSA) is 46.0 Å². The van der Waals surface area contributed by atoms with Crippen LogP contribution < -0.4 is 10.2 Å². The van der Waals surface area contributed by atoms with Gasteiger partial charge in [-0.2, -0.15) is 0 Å². The van der Waals surface area contributed by atoms with E-state index < -0.39 is 0 Å². The van der Waals surface area contributed by atoms with Crippen molar-refractivity contribution in [3.63, 3.8) is 0 Å². The van der Waals surface area contributed by atoms with Gasteiger partial charge < -0.3 is 19.9 Å². The minimum Gasteiger partial charge on any atom is -0.462 e. The fraction of sp³-hybridized carbons (Fsp3) is 0.333. The van der Waals surface area contributed by atoms with Crippen LogP contribution in [0.25, 0.3) is 0 Å². The number of benzene rings is 2. The SMILES string of the molecule is CCOC(=O)c1ccc(NC(=S)N2CCC[NH+](Cc3ccccc3F)C2)cc1. The summed E-state index contributed by atoms with van der Waals surface area (Å²) in [6.07, 6.45) is 0.993. The number of hydrogen-bond donors (Lipinski definition) is 2. The molecule has 5 nitrogen and oxygen atoms in total. The number of anilines is 1. The summed E-state index contributed by atoms with van der Waals surface area (Å²) in [6, 6.07) is 14.0. The van der Waals surface area contributed by atoms with Crippen molar-refractivity contribution < 1.29 is 18.8 Å². The maximum Gasteiger partial charge on any atom is 0.338 e. The second-order valence-electron chi connectivity index (χ2n) is 6.77. The number of quaternary nitrogens is 1. The van der Waals surface area contributed by atoms with Crippen molar-refractivity contribution in [2.24, 2.45) is 0 Å². The minimum atomic E-state index is -0.333. The van der Waals surface area contributed by atoms with E-state index >= 15 is 0 Å². The Morgan fingerprint density at radius 3 is 2.71 bits per heavy atom. The first-order valence-electron chi connectivity index (χ1n) is 9.47. The Morgan fingerprint density at radius 1 is 1.25 bits per heavy atom. The van der Waals surface area contributed by atoms with Crippen LogP contribution in [0.15, 0.2) is 48.5 Å². The van der Waals surface area contributed by atoms with Crippen LogP contribution in [0, 0.1) is 5.82 Å². The molecule has 2 aromatic carbocycles. The molecule has 2 aromatic rings. The number of hydrogen-bond acceptors (Lipinski definition) is 3. The summed E-state index contributed by atoms with van der Waals surface area (Å²) in [5.74, 6) is -0.491. The van der Waals surface area contributed by atoms with Gasteiger partial charge in [-0.3, -0.25) is 0 Å². The number of carbonyl (C=O) groups excluding carboxylic acids is 1. The maximum atomic E-state index is 13.9. The second kappa shape index (κ2) is 9.61. The zero-order chi connectivity index (χ0) is 19.9. The zero-order valence-corrected chi connectivity index (χ0v) is 16.7. The molecule has 0 bridgehead atoms. The van der Waals surface area contributed by atoms with E-state index in [1.54, 1.807) is 25.1 Å². The van der Waals surface area contributed by atoms with Gasteiger partial charge in [0, 0.05) is 24.2 Å². The van der Waals surface area contributed by atoms with E-state index in [0.29, 0.717) is 23.8 Å². The van der Waals surface area contributed by atoms with Crippen LogP contribution in [0.1, 0.15) is 29.3 Å². The standard InChI is InChI=1S/C21H24FN3O2S/c1-2-27-20(26)16-8-10-18(11-9-16)23-21(28)25-13-5-12-24(15-25)14-17-6-3-4-7-19(17)22/h3-4,6-11H,2,5,12-15H2,1H3,(H,23,28)/p+1. The predicted molar refractivity (Wildman–Crippen MR) is 111 cm³/mol. The van der Waals surface area contributed by atoms with Gasteiger partial charge in [0.1, 0.15) is 12.4 Å². The highest BCUT2D eigenvalue weighted by Gasteiger charge is 2.23. The molecule has 3 rings (SSSR count). The Hall–Kier alpha value is -2.51. The van der Waals surface area contributed by atoms with Gasteiger partial charge in [0.05, 0.1) is 18.7 Å². The van der Waals surface area contributed by atoms with Gasteiger partial charge in [-0.15, -0.1) is 0 Å². The molecule has 148 valence electrons. The van der Waals surface area contributed by atoms with E-state index in [1.807, 2.05) is 24.3 Å². The molecule has 1 atom stereocenters. The Labute approximate surface area is 170 Å². The molecule has 1 aliphatic rings. The second-order valence-corrected chi connectivity index (χ2v) is 7.16. The summed E-state index contributed by atoms with van der Waals surface area (Å²) in [5, 5.41) is 3.86. The van der Waals surface area contributed by atoms with Crippen molar-refractivity contribution in [2.75, 3.05) is 31.7 Å². The first kappa shape index (κ1) is 20.2. The highest BCUT2D eigenvalue weighted by Crippen LogP contribution is 2.12. The fourth-order valence-electron chi connectivity index (χ4n) is 3.28. The average molecular weight is 403 g/mol. The molecule has 1 heterocycles. The summed E-state index contributed by atoms with van der Waals surface area (Å²) < 4.78 is 18.9. The average Bonchev–Trinajstić information content (AvgIpc) is 2.71. The van der Waals surface area contributed by atoms with Gasteiger partial charge in [-0.05, 0) is 49.5 Å². The molecule has 2 N–H and O–H groups in total. The Bertz CT molecular complexity index is 829. The lowest BCUT2D eigenvalue weighted by molar-refractivity contribution is -0.927. The lowest BCUT2D eigenvalue weighted by Crippen LogP contribution is -3.13. The molecular formula is C21H25FN3O2S+. The highest BCUT2D eigenvalue weighted by molar-refractivity contribution is 7.80. The summed E-state index contributed by atoms with van der Waals surface area (Å²) in [4.78, 5) is 15.1. The van der Waals surface area contributed by atoms with E-state index in [4.69, 9.17) is 17.0 Å². The molecule has 0 aromatic heterocycles. The Kier molecular flexibility index (Phi) is 6.95. The molecule has 0 amide bonds. The van der Waals surface area contributed by atoms with Crippen molar-refractivity contribution in [3.8, 4) is 0 Å². The lowest BCUT2D eigenvalue weighted by atomic mass is 10.2. The molecule has 1 saturated heterocycles. The number of rotatable bonds is 5. The molecule has 28 heavy (non-hydrogen) atoms. The quantitative estimate of drug-likeness (QED) is 0.594. The Morgan fingerprint density at radius 2 is 2.00 bits per heavy atom. The van der Waals surface area contributed by atoms with Crippen molar-refractivity contribution in [2.45, 2.75) is 19.9 Å². The summed E-state index contributed by atoms with van der Waals surface area (Å²) in [6.45, 7) is 5.35. The van der Waals surface area contributed by atoms with Gasteiger partial charge >= 0.3 is 5.97 Å². The molecule has 1 aliphatic heterocycles. The summed E-state index contributed by atoms with van der Waals surface area (Å²) >= 11 is 5.56. The van der Waals surface area contributed by atoms with Gasteiger partial charge in [-0.25, -0.2) is 9.18 Å². The fourth-order valence-corrected chi connectivity index (χ4v) is 3.56. The molecule has 0 aliphatic carbocycles. The molecule has 0 spiro atoms. The predicted octanol–water partition coefficient (Wildman–Crippen LogP) is 2.45. The Balaban J connectivity index is 1.56. The number of esters is 1. The number of carbonyl (C=O) groups is 1. The van der Waals surface area contributed by atoms with Crippen molar-refractivity contribution >= 4 is 29.0 Å². The van der Waals surface area contributed by atoms with E-state index in [2.05, 4.69) is 10.2 Å². The largest absolute Gasteiger partial charge is 0.462 e. The number of nitrogens with zero attached hydrogens (tertiary/aromatic N) is 1. The number of nitrogens with one attached hydrogen (secondary N) is 2. The van der Waals surface area contributed by atoms with E-state index in [9.17, 15) is 9.18 Å². The normalized spacial score (nSPS) is 16.5. The van der Waals surface area contributed by atoms with Crippen LogP contribution in [-0.4, -0.2) is 42.3 Å². The van der Waals surface area contributed by atoms with Crippen LogP contribution in [0.2, 0.25) is 0 Å². The minimum absolute atomic E-state index is 0.158. The van der Waals surface area contributed by atoms with Gasteiger partial charge in [0.25, 0.3) is 0 Å². The van der Waals surface area contributed by atoms with E-state index in [1.165, 1.54) is 11.0 Å². The van der Waals surface area contributed by atoms with Crippen molar-refractivity contribution in [1.82, 2.24) is 4.90 Å². The number of ether oxygens (including phenoxy) is 1. The van der Waals surface area contributed by atoms with E-state index in [-0.39, 0.29) is 11.8 Å². The molecule has 7 heteroatoms. The van der Waals surface area contributed by atoms with Gasteiger partial charge in [0.15, 0.2) is 11.8 Å². The number of halogens is 1. The highest BCUT2D eigenvalue weighted by atomic mass is 32.1. The number of thiocarbonyl (C=S) groups is 1. The molecule has 0 radical (unpaired) electrons. The van der Waals surface area contributed by atoms with Crippen LogP contribution >= 0.6 is 12.2 Å². The first-order chi connectivity index (χ1) is 13.6. The molecular weight excluding hydrogens is 377 g/mol. The smallest absolute Gasteiger partial charge is 0.338 e. The third-order valence-corrected chi connectivity index (χ3v) is 5.07. The van der Waals surface area contributed by atoms with Crippen LogP contribution in [0.3, 0.4) is 0 Å². The molecule has 1 fully saturated rings. The monoisotopic (exact) mass is 402 g/mol. The zero-order valence-electron chi connectivity index (χ0n) is 15.9.